The summed E-state index contributed by atoms with van der Waals surface area (Å²) in [7, 11) is 1.72. The van der Waals surface area contributed by atoms with Gasteiger partial charge in [-0.3, -0.25) is 15.0 Å². The van der Waals surface area contributed by atoms with Crippen LogP contribution in [0, 0.1) is 0 Å². The van der Waals surface area contributed by atoms with Gasteiger partial charge in [0.15, 0.2) is 0 Å². The maximum Gasteiger partial charge on any atom is 0.410 e. The number of imide groups is 1. The number of carbonyl (C=O) groups excluding carboxylic acids is 3. The van der Waals surface area contributed by atoms with E-state index < -0.39 is 11.6 Å². The number of likely N-dealkylation sites (N-methyl/N-ethyl adjacent to an activating group) is 1. The SMILES string of the molecule is CCNC(=O)NC(=O)CN1CCC[C@@H](N(C)C(=O)OC(C)(C)C)C1. The third kappa shape index (κ3) is 7.16. The van der Waals surface area contributed by atoms with Crippen LogP contribution < -0.4 is 10.6 Å². The lowest BCUT2D eigenvalue weighted by atomic mass is 10.0. The Balaban J connectivity index is 2.50. The molecule has 8 nitrogen and oxygen atoms in total. The Morgan fingerprint density at radius 3 is 2.54 bits per heavy atom. The van der Waals surface area contributed by atoms with E-state index in [4.69, 9.17) is 4.74 Å². The summed E-state index contributed by atoms with van der Waals surface area (Å²) in [5.74, 6) is -0.346. The number of urea groups is 1. The van der Waals surface area contributed by atoms with Crippen LogP contribution in [0.15, 0.2) is 0 Å². The lowest BCUT2D eigenvalue weighted by Crippen LogP contribution is -2.52. The van der Waals surface area contributed by atoms with E-state index in [-0.39, 0.29) is 24.6 Å². The van der Waals surface area contributed by atoms with Crippen LogP contribution in [0.5, 0.6) is 0 Å². The van der Waals surface area contributed by atoms with Gasteiger partial charge in [-0.1, -0.05) is 0 Å². The second-order valence-corrected chi connectivity index (χ2v) is 7.03. The summed E-state index contributed by atoms with van der Waals surface area (Å²) in [4.78, 5) is 38.9. The Morgan fingerprint density at radius 2 is 1.96 bits per heavy atom. The molecule has 2 N–H and O–H groups in total. The van der Waals surface area contributed by atoms with Crippen molar-refractivity contribution < 1.29 is 19.1 Å². The van der Waals surface area contributed by atoms with E-state index in [0.29, 0.717) is 13.1 Å². The highest BCUT2D eigenvalue weighted by Gasteiger charge is 2.29. The molecule has 0 unspecified atom stereocenters. The van der Waals surface area contributed by atoms with Crippen LogP contribution in [-0.2, 0) is 9.53 Å². The molecule has 1 fully saturated rings. The largest absolute Gasteiger partial charge is 0.444 e. The predicted molar refractivity (Wildman–Crippen MR) is 90.7 cm³/mol. The van der Waals surface area contributed by atoms with Gasteiger partial charge in [0.25, 0.3) is 0 Å². The van der Waals surface area contributed by atoms with Crippen LogP contribution in [0.25, 0.3) is 0 Å². The smallest absolute Gasteiger partial charge is 0.410 e. The van der Waals surface area contributed by atoms with Gasteiger partial charge in [-0.05, 0) is 47.1 Å². The van der Waals surface area contributed by atoms with Crippen LogP contribution in [0.2, 0.25) is 0 Å². The second kappa shape index (κ2) is 8.86. The van der Waals surface area contributed by atoms with Crippen molar-refractivity contribution in [1.29, 1.82) is 0 Å². The number of amides is 4. The molecule has 0 aromatic carbocycles. The summed E-state index contributed by atoms with van der Waals surface area (Å²) in [6, 6.07) is -0.493. The van der Waals surface area contributed by atoms with E-state index >= 15 is 0 Å². The number of nitrogens with one attached hydrogen (secondary N) is 2. The minimum Gasteiger partial charge on any atom is -0.444 e. The summed E-state index contributed by atoms with van der Waals surface area (Å²) in [5.41, 5.74) is -0.535. The first-order valence-corrected chi connectivity index (χ1v) is 8.38. The van der Waals surface area contributed by atoms with E-state index in [1.165, 1.54) is 0 Å². The Bertz CT molecular complexity index is 461. The van der Waals surface area contributed by atoms with Gasteiger partial charge < -0.3 is 15.0 Å². The van der Waals surface area contributed by atoms with Gasteiger partial charge in [0.05, 0.1) is 6.54 Å². The Morgan fingerprint density at radius 1 is 1.29 bits per heavy atom. The number of hydrogen-bond donors (Lipinski definition) is 2. The third-order valence-corrected chi connectivity index (χ3v) is 3.67. The number of nitrogens with zero attached hydrogens (tertiary/aromatic N) is 2. The molecule has 1 atom stereocenters. The quantitative estimate of drug-likeness (QED) is 0.800. The maximum atomic E-state index is 12.2. The van der Waals surface area contributed by atoms with Crippen molar-refractivity contribution in [2.45, 2.75) is 52.2 Å². The van der Waals surface area contributed by atoms with Gasteiger partial charge in [0.2, 0.25) is 5.91 Å². The molecule has 24 heavy (non-hydrogen) atoms. The van der Waals surface area contributed by atoms with Gasteiger partial charge >= 0.3 is 12.1 Å². The lowest BCUT2D eigenvalue weighted by Gasteiger charge is -2.37. The summed E-state index contributed by atoms with van der Waals surface area (Å²) >= 11 is 0. The number of ether oxygens (including phenoxy) is 1. The fraction of sp³-hybridized carbons (Fsp3) is 0.812. The zero-order valence-corrected chi connectivity index (χ0v) is 15.3. The molecule has 0 spiro atoms. The molecule has 1 aliphatic heterocycles. The molecule has 0 aromatic rings. The normalized spacial score (nSPS) is 18.6. The lowest BCUT2D eigenvalue weighted by molar-refractivity contribution is -0.121. The topological polar surface area (TPSA) is 91.0 Å². The Kier molecular flexibility index (Phi) is 7.47. The summed E-state index contributed by atoms with van der Waals surface area (Å²) < 4.78 is 5.38. The molecule has 0 aliphatic carbocycles. The molecule has 0 bridgehead atoms. The molecule has 0 aromatic heterocycles. The number of hydrogen-bond acceptors (Lipinski definition) is 5. The fourth-order valence-corrected chi connectivity index (χ4v) is 2.55. The molecule has 8 heteroatoms. The number of likely N-dealkylation sites (tertiary alicyclic amines) is 1. The third-order valence-electron chi connectivity index (χ3n) is 3.67. The molecule has 1 aliphatic rings. The first-order chi connectivity index (χ1) is 11.1. The Hall–Kier alpha value is -1.83. The molecule has 1 heterocycles. The van der Waals surface area contributed by atoms with Gasteiger partial charge in [-0.2, -0.15) is 0 Å². The van der Waals surface area contributed by atoms with E-state index in [0.717, 1.165) is 19.4 Å². The maximum absolute atomic E-state index is 12.2. The molecule has 1 saturated heterocycles. The number of carbonyl (C=O) groups is 3. The number of piperidine rings is 1. The van der Waals surface area contributed by atoms with E-state index in [1.54, 1.807) is 18.9 Å². The molecule has 1 rings (SSSR count). The average Bonchev–Trinajstić information content (AvgIpc) is 2.44. The zero-order valence-electron chi connectivity index (χ0n) is 15.3. The summed E-state index contributed by atoms with van der Waals surface area (Å²) in [6.45, 7) is 9.22. The molecule has 138 valence electrons. The van der Waals surface area contributed by atoms with Gasteiger partial charge in [0, 0.05) is 26.2 Å². The van der Waals surface area contributed by atoms with Gasteiger partial charge in [0.1, 0.15) is 5.60 Å². The van der Waals surface area contributed by atoms with Gasteiger partial charge in [-0.15, -0.1) is 0 Å². The van der Waals surface area contributed by atoms with Crippen LogP contribution in [0.1, 0.15) is 40.5 Å². The van der Waals surface area contributed by atoms with Crippen LogP contribution in [0.3, 0.4) is 0 Å². The van der Waals surface area contributed by atoms with Crippen molar-refractivity contribution in [3.05, 3.63) is 0 Å². The molecular formula is C16H30N4O4. The highest BCUT2D eigenvalue weighted by molar-refractivity contribution is 5.95. The van der Waals surface area contributed by atoms with E-state index in [1.807, 2.05) is 25.7 Å². The zero-order chi connectivity index (χ0) is 18.3. The standard InChI is InChI=1S/C16H30N4O4/c1-6-17-14(22)18-13(21)11-20-9-7-8-12(10-20)19(5)15(23)24-16(2,3)4/h12H,6-11H2,1-5H3,(H2,17,18,21,22)/t12-/m1/s1. The average molecular weight is 342 g/mol. The first-order valence-electron chi connectivity index (χ1n) is 8.38. The van der Waals surface area contributed by atoms with Crippen molar-refractivity contribution in [1.82, 2.24) is 20.4 Å². The van der Waals surface area contributed by atoms with Crippen molar-refractivity contribution in [3.8, 4) is 0 Å². The predicted octanol–water partition coefficient (Wildman–Crippen LogP) is 1.16. The molecule has 0 saturated carbocycles. The van der Waals surface area contributed by atoms with Crippen LogP contribution in [0.4, 0.5) is 9.59 Å². The van der Waals surface area contributed by atoms with Crippen molar-refractivity contribution in [2.24, 2.45) is 0 Å². The summed E-state index contributed by atoms with van der Waals surface area (Å²) in [6.07, 6.45) is 1.39. The second-order valence-electron chi connectivity index (χ2n) is 7.03. The van der Waals surface area contributed by atoms with Crippen molar-refractivity contribution in [3.63, 3.8) is 0 Å². The highest BCUT2D eigenvalue weighted by Crippen LogP contribution is 2.17. The molecular weight excluding hydrogens is 312 g/mol. The van der Waals surface area contributed by atoms with Crippen LogP contribution >= 0.6 is 0 Å². The van der Waals surface area contributed by atoms with Crippen molar-refractivity contribution >= 4 is 18.0 Å². The molecule has 0 radical (unpaired) electrons. The number of rotatable bonds is 4. The summed E-state index contributed by atoms with van der Waals surface area (Å²) in [5, 5.41) is 4.81. The van der Waals surface area contributed by atoms with Crippen LogP contribution in [-0.4, -0.2) is 72.7 Å². The Labute approximate surface area is 143 Å². The van der Waals surface area contributed by atoms with Crippen molar-refractivity contribution in [2.75, 3.05) is 33.2 Å². The minimum atomic E-state index is -0.535. The minimum absolute atomic E-state index is 0.00846. The monoisotopic (exact) mass is 342 g/mol. The first kappa shape index (κ1) is 20.2. The fourth-order valence-electron chi connectivity index (χ4n) is 2.55. The molecule has 4 amide bonds. The van der Waals surface area contributed by atoms with E-state index in [9.17, 15) is 14.4 Å². The van der Waals surface area contributed by atoms with Gasteiger partial charge in [-0.25, -0.2) is 9.59 Å². The van der Waals surface area contributed by atoms with E-state index in [2.05, 4.69) is 10.6 Å². The highest BCUT2D eigenvalue weighted by atomic mass is 16.6.